The van der Waals surface area contributed by atoms with Crippen LogP contribution in [0.15, 0.2) is 18.2 Å². The van der Waals surface area contributed by atoms with Crippen LogP contribution in [0.4, 0.5) is 0 Å². The van der Waals surface area contributed by atoms with E-state index in [4.69, 9.17) is 22.7 Å². The van der Waals surface area contributed by atoms with Gasteiger partial charge >= 0.3 is 0 Å². The van der Waals surface area contributed by atoms with Gasteiger partial charge in [-0.2, -0.15) is 0 Å². The topological polar surface area (TPSA) is 56.4 Å². The molecule has 2 aliphatic heterocycles. The number of fused-ring (bicyclic) bond motifs is 1. The van der Waals surface area contributed by atoms with Gasteiger partial charge in [-0.25, -0.2) is 0 Å². The molecule has 1 atom stereocenters. The van der Waals surface area contributed by atoms with E-state index in [2.05, 4.69) is 9.80 Å². The number of piperazine rings is 1. The summed E-state index contributed by atoms with van der Waals surface area (Å²) in [6.45, 7) is 5.59. The van der Waals surface area contributed by atoms with Crippen LogP contribution in [0.25, 0.3) is 0 Å². The summed E-state index contributed by atoms with van der Waals surface area (Å²) in [6, 6.07) is 6.42. The first kappa shape index (κ1) is 13.9. The summed E-state index contributed by atoms with van der Waals surface area (Å²) in [5.41, 5.74) is 7.31. The molecule has 2 aliphatic rings. The Morgan fingerprint density at radius 3 is 2.95 bits per heavy atom. The molecule has 0 spiro atoms. The number of nitrogens with two attached hydrogens (primary N) is 1. The van der Waals surface area contributed by atoms with E-state index in [-0.39, 0.29) is 5.84 Å². The van der Waals surface area contributed by atoms with E-state index < -0.39 is 0 Å². The molecule has 1 unspecified atom stereocenters. The molecule has 5 heteroatoms. The number of amidine groups is 1. The number of hydrogen-bond acceptors (Lipinski definition) is 3. The first-order valence-corrected chi connectivity index (χ1v) is 7.60. The zero-order chi connectivity index (χ0) is 14.1. The standard InChI is InChI=1S/C15H21ClN4/c16-14-8-11(15(17)18)3-4-12(14)9-19-6-7-20-5-1-2-13(20)10-19/h3-4,8,13H,1-2,5-7,9-10H2,(H3,17,18). The van der Waals surface area contributed by atoms with Crippen molar-refractivity contribution in [2.45, 2.75) is 25.4 Å². The van der Waals surface area contributed by atoms with E-state index in [1.165, 1.54) is 25.9 Å². The normalized spacial score (nSPS) is 23.8. The molecular weight excluding hydrogens is 272 g/mol. The molecule has 0 saturated carbocycles. The third-order valence-corrected chi connectivity index (χ3v) is 4.78. The Labute approximate surface area is 125 Å². The van der Waals surface area contributed by atoms with Gasteiger partial charge in [0.05, 0.1) is 0 Å². The number of benzene rings is 1. The van der Waals surface area contributed by atoms with Crippen molar-refractivity contribution >= 4 is 17.4 Å². The largest absolute Gasteiger partial charge is 0.384 e. The first-order chi connectivity index (χ1) is 9.63. The van der Waals surface area contributed by atoms with Gasteiger partial charge in [-0.3, -0.25) is 15.2 Å². The molecule has 0 aliphatic carbocycles. The Kier molecular flexibility index (Phi) is 3.96. The van der Waals surface area contributed by atoms with Gasteiger partial charge in [0.1, 0.15) is 5.84 Å². The predicted molar refractivity (Wildman–Crippen MR) is 82.3 cm³/mol. The summed E-state index contributed by atoms with van der Waals surface area (Å²) in [5, 5.41) is 8.15. The summed E-state index contributed by atoms with van der Waals surface area (Å²) < 4.78 is 0. The Morgan fingerprint density at radius 1 is 1.35 bits per heavy atom. The molecule has 0 amide bonds. The maximum atomic E-state index is 7.44. The van der Waals surface area contributed by atoms with E-state index in [1.807, 2.05) is 12.1 Å². The minimum absolute atomic E-state index is 0.0676. The summed E-state index contributed by atoms with van der Waals surface area (Å²) in [7, 11) is 0. The van der Waals surface area contributed by atoms with E-state index in [1.54, 1.807) is 6.07 Å². The van der Waals surface area contributed by atoms with Crippen molar-refractivity contribution in [1.82, 2.24) is 9.80 Å². The van der Waals surface area contributed by atoms with Crippen molar-refractivity contribution in [3.63, 3.8) is 0 Å². The van der Waals surface area contributed by atoms with Crippen molar-refractivity contribution in [3.8, 4) is 0 Å². The van der Waals surface area contributed by atoms with Crippen LogP contribution in [-0.2, 0) is 6.54 Å². The summed E-state index contributed by atoms with van der Waals surface area (Å²) in [4.78, 5) is 5.10. The molecular formula is C15H21ClN4. The van der Waals surface area contributed by atoms with Crippen molar-refractivity contribution in [1.29, 1.82) is 5.41 Å². The Balaban J connectivity index is 1.67. The molecule has 2 heterocycles. The van der Waals surface area contributed by atoms with Gasteiger partial charge in [0.15, 0.2) is 0 Å². The SMILES string of the molecule is N=C(N)c1ccc(CN2CCN3CCCC3C2)c(Cl)c1. The molecule has 3 N–H and O–H groups in total. The smallest absolute Gasteiger partial charge is 0.122 e. The van der Waals surface area contributed by atoms with Gasteiger partial charge in [0.2, 0.25) is 0 Å². The van der Waals surface area contributed by atoms with E-state index in [9.17, 15) is 0 Å². The second kappa shape index (κ2) is 5.72. The average molecular weight is 293 g/mol. The highest BCUT2D eigenvalue weighted by atomic mass is 35.5. The highest BCUT2D eigenvalue weighted by Gasteiger charge is 2.30. The molecule has 0 bridgehead atoms. The monoisotopic (exact) mass is 292 g/mol. The zero-order valence-electron chi connectivity index (χ0n) is 11.6. The van der Waals surface area contributed by atoms with Crippen LogP contribution in [0.2, 0.25) is 5.02 Å². The van der Waals surface area contributed by atoms with Crippen molar-refractivity contribution in [2.75, 3.05) is 26.2 Å². The van der Waals surface area contributed by atoms with Gasteiger partial charge < -0.3 is 5.73 Å². The molecule has 1 aromatic carbocycles. The van der Waals surface area contributed by atoms with Crippen molar-refractivity contribution < 1.29 is 0 Å². The minimum atomic E-state index is 0.0676. The molecule has 108 valence electrons. The fourth-order valence-corrected chi connectivity index (χ4v) is 3.52. The van der Waals surface area contributed by atoms with Gasteiger partial charge in [-0.05, 0) is 31.0 Å². The molecule has 3 rings (SSSR count). The van der Waals surface area contributed by atoms with Crippen LogP contribution in [0, 0.1) is 5.41 Å². The van der Waals surface area contributed by atoms with Crippen molar-refractivity contribution in [3.05, 3.63) is 34.3 Å². The number of halogens is 1. The van der Waals surface area contributed by atoms with Crippen LogP contribution in [-0.4, -0.2) is 47.9 Å². The van der Waals surface area contributed by atoms with E-state index in [0.29, 0.717) is 10.6 Å². The highest BCUT2D eigenvalue weighted by Crippen LogP contribution is 2.25. The predicted octanol–water partition coefficient (Wildman–Crippen LogP) is 1.90. The maximum absolute atomic E-state index is 7.44. The summed E-state index contributed by atoms with van der Waals surface area (Å²) in [5.74, 6) is 0.0676. The zero-order valence-corrected chi connectivity index (χ0v) is 12.4. The van der Waals surface area contributed by atoms with E-state index >= 15 is 0 Å². The van der Waals surface area contributed by atoms with Gasteiger partial charge in [0.25, 0.3) is 0 Å². The first-order valence-electron chi connectivity index (χ1n) is 7.23. The molecule has 0 aromatic heterocycles. The third kappa shape index (κ3) is 2.82. The third-order valence-electron chi connectivity index (χ3n) is 4.43. The Bertz CT molecular complexity index is 517. The number of nitrogens with zero attached hydrogens (tertiary/aromatic N) is 2. The van der Waals surface area contributed by atoms with Crippen LogP contribution in [0.1, 0.15) is 24.0 Å². The second-order valence-electron chi connectivity index (χ2n) is 5.79. The number of nitrogen functional groups attached to an aromatic ring is 1. The van der Waals surface area contributed by atoms with Gasteiger partial charge in [-0.15, -0.1) is 0 Å². The number of rotatable bonds is 3. The van der Waals surface area contributed by atoms with Crippen LogP contribution in [0.3, 0.4) is 0 Å². The second-order valence-corrected chi connectivity index (χ2v) is 6.19. The highest BCUT2D eigenvalue weighted by molar-refractivity contribution is 6.31. The minimum Gasteiger partial charge on any atom is -0.384 e. The van der Waals surface area contributed by atoms with Crippen LogP contribution < -0.4 is 5.73 Å². The van der Waals surface area contributed by atoms with Gasteiger partial charge in [0, 0.05) is 42.8 Å². The lowest BCUT2D eigenvalue weighted by molar-refractivity contribution is 0.0994. The lowest BCUT2D eigenvalue weighted by atomic mass is 10.1. The van der Waals surface area contributed by atoms with Crippen LogP contribution >= 0.6 is 11.6 Å². The van der Waals surface area contributed by atoms with Crippen molar-refractivity contribution in [2.24, 2.45) is 5.73 Å². The molecule has 4 nitrogen and oxygen atoms in total. The fourth-order valence-electron chi connectivity index (χ4n) is 3.28. The quantitative estimate of drug-likeness (QED) is 0.661. The molecule has 2 fully saturated rings. The summed E-state index contributed by atoms with van der Waals surface area (Å²) in [6.07, 6.45) is 2.67. The van der Waals surface area contributed by atoms with Gasteiger partial charge in [-0.1, -0.05) is 23.7 Å². The Morgan fingerprint density at radius 2 is 2.20 bits per heavy atom. The molecule has 20 heavy (non-hydrogen) atoms. The van der Waals surface area contributed by atoms with E-state index in [0.717, 1.165) is 31.2 Å². The Hall–Kier alpha value is -1.10. The average Bonchev–Trinajstić information content (AvgIpc) is 2.88. The lowest BCUT2D eigenvalue weighted by Gasteiger charge is -2.37. The number of hydrogen-bond donors (Lipinski definition) is 2. The molecule has 2 saturated heterocycles. The number of nitrogens with one attached hydrogen (secondary N) is 1. The summed E-state index contributed by atoms with van der Waals surface area (Å²) >= 11 is 6.31. The maximum Gasteiger partial charge on any atom is 0.122 e. The van der Waals surface area contributed by atoms with Crippen LogP contribution in [0.5, 0.6) is 0 Å². The molecule has 0 radical (unpaired) electrons. The lowest BCUT2D eigenvalue weighted by Crippen LogP contribution is -2.49. The fraction of sp³-hybridized carbons (Fsp3) is 0.533. The molecule has 1 aromatic rings.